The molecule has 1 aliphatic heterocycles. The molecule has 5 nitrogen and oxygen atoms in total. The molecule has 1 aromatic carbocycles. The Morgan fingerprint density at radius 3 is 2.86 bits per heavy atom. The maximum Gasteiger partial charge on any atom is 0.340 e. The van der Waals surface area contributed by atoms with E-state index in [4.69, 9.17) is 4.74 Å². The van der Waals surface area contributed by atoms with Gasteiger partial charge in [-0.3, -0.25) is 9.78 Å². The molecule has 0 saturated carbocycles. The standard InChI is InChI=1S/C17H16N2O3/c1-12-9-13-5-2-3-7-15(13)19(12)16(20)11-22-17(21)14-6-4-8-18-10-14/h2-8,10,12H,9,11H2,1H3/t12-/m1/s1. The second-order valence-corrected chi connectivity index (χ2v) is 5.26. The fourth-order valence-corrected chi connectivity index (χ4v) is 2.71. The highest BCUT2D eigenvalue weighted by molar-refractivity contribution is 5.99. The minimum atomic E-state index is -0.540. The van der Waals surface area contributed by atoms with Crippen molar-refractivity contribution in [1.29, 1.82) is 0 Å². The number of ether oxygens (including phenoxy) is 1. The van der Waals surface area contributed by atoms with Gasteiger partial charge in [-0.05, 0) is 37.1 Å². The van der Waals surface area contributed by atoms with Crippen molar-refractivity contribution < 1.29 is 14.3 Å². The number of hydrogen-bond acceptors (Lipinski definition) is 4. The predicted molar refractivity (Wildman–Crippen MR) is 81.6 cm³/mol. The molecular weight excluding hydrogens is 280 g/mol. The van der Waals surface area contributed by atoms with Crippen molar-refractivity contribution in [3.05, 3.63) is 59.9 Å². The van der Waals surface area contributed by atoms with Crippen LogP contribution in [0.3, 0.4) is 0 Å². The van der Waals surface area contributed by atoms with E-state index in [2.05, 4.69) is 4.98 Å². The summed E-state index contributed by atoms with van der Waals surface area (Å²) in [5, 5.41) is 0. The number of fused-ring (bicyclic) bond motifs is 1. The molecule has 2 aromatic rings. The van der Waals surface area contributed by atoms with Crippen LogP contribution in [-0.4, -0.2) is 29.5 Å². The quantitative estimate of drug-likeness (QED) is 0.815. The van der Waals surface area contributed by atoms with Gasteiger partial charge >= 0.3 is 5.97 Å². The van der Waals surface area contributed by atoms with Gasteiger partial charge < -0.3 is 9.64 Å². The number of anilines is 1. The minimum absolute atomic E-state index is 0.0713. The maximum atomic E-state index is 12.4. The van der Waals surface area contributed by atoms with Gasteiger partial charge in [-0.1, -0.05) is 18.2 Å². The highest BCUT2D eigenvalue weighted by atomic mass is 16.5. The number of carbonyl (C=O) groups excluding carboxylic acids is 2. The molecule has 1 aliphatic rings. The van der Waals surface area contributed by atoms with E-state index in [-0.39, 0.29) is 18.6 Å². The Hall–Kier alpha value is -2.69. The monoisotopic (exact) mass is 296 g/mol. The maximum absolute atomic E-state index is 12.4. The second kappa shape index (κ2) is 5.97. The predicted octanol–water partition coefficient (Wildman–Crippen LogP) is 2.22. The van der Waals surface area contributed by atoms with Crippen LogP contribution in [0.25, 0.3) is 0 Å². The van der Waals surface area contributed by atoms with Crippen LogP contribution in [0.5, 0.6) is 0 Å². The molecular formula is C17H16N2O3. The first-order chi connectivity index (χ1) is 10.7. The first-order valence-corrected chi connectivity index (χ1v) is 7.14. The van der Waals surface area contributed by atoms with Crippen LogP contribution in [0, 0.1) is 0 Å². The van der Waals surface area contributed by atoms with Crippen LogP contribution >= 0.6 is 0 Å². The van der Waals surface area contributed by atoms with Gasteiger partial charge in [0.05, 0.1) is 5.56 Å². The fraction of sp³-hybridized carbons (Fsp3) is 0.235. The Labute approximate surface area is 128 Å². The highest BCUT2D eigenvalue weighted by Gasteiger charge is 2.30. The molecule has 1 atom stereocenters. The van der Waals surface area contributed by atoms with Crippen LogP contribution in [0.4, 0.5) is 5.69 Å². The van der Waals surface area contributed by atoms with Crippen molar-refractivity contribution in [2.45, 2.75) is 19.4 Å². The van der Waals surface area contributed by atoms with E-state index in [0.717, 1.165) is 17.7 Å². The summed E-state index contributed by atoms with van der Waals surface area (Å²) in [5.41, 5.74) is 2.38. The number of benzene rings is 1. The van der Waals surface area contributed by atoms with E-state index in [1.807, 2.05) is 31.2 Å². The van der Waals surface area contributed by atoms with Crippen molar-refractivity contribution in [2.75, 3.05) is 11.5 Å². The number of pyridine rings is 1. The summed E-state index contributed by atoms with van der Waals surface area (Å²) in [7, 11) is 0. The molecule has 1 amide bonds. The van der Waals surface area contributed by atoms with E-state index < -0.39 is 5.97 Å². The lowest BCUT2D eigenvalue weighted by atomic mass is 10.1. The van der Waals surface area contributed by atoms with E-state index in [1.165, 1.54) is 6.20 Å². The summed E-state index contributed by atoms with van der Waals surface area (Å²) in [6.07, 6.45) is 3.81. The summed E-state index contributed by atoms with van der Waals surface area (Å²) >= 11 is 0. The summed E-state index contributed by atoms with van der Waals surface area (Å²) in [6.45, 7) is 1.72. The smallest absolute Gasteiger partial charge is 0.340 e. The van der Waals surface area contributed by atoms with Gasteiger partial charge in [0.2, 0.25) is 0 Å². The number of nitrogens with zero attached hydrogens (tertiary/aromatic N) is 2. The lowest BCUT2D eigenvalue weighted by Gasteiger charge is -2.22. The number of aromatic nitrogens is 1. The molecule has 0 N–H and O–H groups in total. The van der Waals surface area contributed by atoms with Crippen molar-refractivity contribution in [1.82, 2.24) is 4.98 Å². The summed E-state index contributed by atoms with van der Waals surface area (Å²) < 4.78 is 5.10. The number of hydrogen-bond donors (Lipinski definition) is 0. The third kappa shape index (κ3) is 2.70. The molecule has 22 heavy (non-hydrogen) atoms. The van der Waals surface area contributed by atoms with Crippen LogP contribution in [0.15, 0.2) is 48.8 Å². The average molecular weight is 296 g/mol. The van der Waals surface area contributed by atoms with Crippen molar-refractivity contribution in [2.24, 2.45) is 0 Å². The van der Waals surface area contributed by atoms with Crippen LogP contribution in [-0.2, 0) is 16.0 Å². The lowest BCUT2D eigenvalue weighted by molar-refractivity contribution is -0.122. The van der Waals surface area contributed by atoms with Gasteiger partial charge in [-0.15, -0.1) is 0 Å². The third-order valence-electron chi connectivity index (χ3n) is 3.70. The molecule has 0 fully saturated rings. The van der Waals surface area contributed by atoms with E-state index >= 15 is 0 Å². The average Bonchev–Trinajstić information content (AvgIpc) is 2.89. The lowest BCUT2D eigenvalue weighted by Crippen LogP contribution is -2.38. The molecule has 2 heterocycles. The number of para-hydroxylation sites is 1. The zero-order valence-corrected chi connectivity index (χ0v) is 12.2. The van der Waals surface area contributed by atoms with Crippen molar-refractivity contribution in [3.63, 3.8) is 0 Å². The number of esters is 1. The van der Waals surface area contributed by atoms with Gasteiger partial charge in [-0.25, -0.2) is 4.79 Å². The molecule has 0 spiro atoms. The molecule has 112 valence electrons. The molecule has 5 heteroatoms. The summed E-state index contributed by atoms with van der Waals surface area (Å²) in [5.74, 6) is -0.753. The fourth-order valence-electron chi connectivity index (χ4n) is 2.71. The Morgan fingerprint density at radius 2 is 2.09 bits per heavy atom. The normalized spacial score (nSPS) is 16.2. The van der Waals surface area contributed by atoms with Crippen LogP contribution < -0.4 is 4.90 Å². The molecule has 3 rings (SSSR count). The zero-order chi connectivity index (χ0) is 15.5. The van der Waals surface area contributed by atoms with Gasteiger partial charge in [-0.2, -0.15) is 0 Å². The Kier molecular flexibility index (Phi) is 3.87. The van der Waals surface area contributed by atoms with Gasteiger partial charge in [0.25, 0.3) is 5.91 Å². The molecule has 0 saturated heterocycles. The van der Waals surface area contributed by atoms with Crippen molar-refractivity contribution in [3.8, 4) is 0 Å². The first-order valence-electron chi connectivity index (χ1n) is 7.14. The second-order valence-electron chi connectivity index (χ2n) is 5.26. The first kappa shape index (κ1) is 14.3. The van der Waals surface area contributed by atoms with Crippen molar-refractivity contribution >= 4 is 17.6 Å². The Balaban J connectivity index is 1.67. The van der Waals surface area contributed by atoms with Gasteiger partial charge in [0.15, 0.2) is 6.61 Å². The minimum Gasteiger partial charge on any atom is -0.452 e. The molecule has 0 unspecified atom stereocenters. The van der Waals surface area contributed by atoms with E-state index in [1.54, 1.807) is 23.2 Å². The SMILES string of the molecule is C[C@@H]1Cc2ccccc2N1C(=O)COC(=O)c1cccnc1. The zero-order valence-electron chi connectivity index (χ0n) is 12.2. The van der Waals surface area contributed by atoms with E-state index in [9.17, 15) is 9.59 Å². The van der Waals surface area contributed by atoms with Crippen LogP contribution in [0.2, 0.25) is 0 Å². The molecule has 1 aromatic heterocycles. The van der Waals surface area contributed by atoms with Gasteiger partial charge in [0, 0.05) is 24.1 Å². The molecule has 0 bridgehead atoms. The van der Waals surface area contributed by atoms with Crippen LogP contribution in [0.1, 0.15) is 22.8 Å². The van der Waals surface area contributed by atoms with E-state index in [0.29, 0.717) is 5.56 Å². The number of amides is 1. The number of rotatable bonds is 3. The Bertz CT molecular complexity index is 700. The summed E-state index contributed by atoms with van der Waals surface area (Å²) in [4.78, 5) is 29.8. The topological polar surface area (TPSA) is 59.5 Å². The highest BCUT2D eigenvalue weighted by Crippen LogP contribution is 2.31. The molecule has 0 aliphatic carbocycles. The number of carbonyl (C=O) groups is 2. The molecule has 0 radical (unpaired) electrons. The largest absolute Gasteiger partial charge is 0.452 e. The summed E-state index contributed by atoms with van der Waals surface area (Å²) in [6, 6.07) is 11.1. The van der Waals surface area contributed by atoms with Gasteiger partial charge in [0.1, 0.15) is 0 Å². The third-order valence-corrected chi connectivity index (χ3v) is 3.70. The Morgan fingerprint density at radius 1 is 1.27 bits per heavy atom.